The third kappa shape index (κ3) is 7.05. The first-order chi connectivity index (χ1) is 17.0. The van der Waals surface area contributed by atoms with Gasteiger partial charge in [-0.25, -0.2) is 0 Å². The Morgan fingerprint density at radius 2 is 1.89 bits per heavy atom. The van der Waals surface area contributed by atoms with E-state index in [2.05, 4.69) is 15.4 Å². The molecular weight excluding hydrogens is 446 g/mol. The number of hydrogen-bond donors (Lipinski definition) is 1. The first-order valence-electron chi connectivity index (χ1n) is 11.8. The minimum Gasteiger partial charge on any atom is -0.492 e. The maximum atomic E-state index is 12.7. The van der Waals surface area contributed by atoms with Gasteiger partial charge in [0, 0.05) is 31.6 Å². The lowest BCUT2D eigenvalue weighted by atomic mass is 10.1. The van der Waals surface area contributed by atoms with Gasteiger partial charge >= 0.3 is 0 Å². The number of pyridine rings is 1. The highest BCUT2D eigenvalue weighted by Gasteiger charge is 2.31. The van der Waals surface area contributed by atoms with Gasteiger partial charge in [0.25, 0.3) is 0 Å². The first-order valence-corrected chi connectivity index (χ1v) is 11.8. The number of nitrogens with one attached hydrogen (secondary N) is 1. The Balaban J connectivity index is 1.19. The van der Waals surface area contributed by atoms with Crippen LogP contribution in [0.1, 0.15) is 24.8 Å². The van der Waals surface area contributed by atoms with E-state index in [1.807, 2.05) is 43.3 Å². The summed E-state index contributed by atoms with van der Waals surface area (Å²) in [5.41, 5.74) is 1.74. The van der Waals surface area contributed by atoms with E-state index in [1.165, 1.54) is 10.2 Å². The standard InChI is InChI=1S/C26H31N5O4/c1-19-3-6-22(7-4-19)34-14-13-30(2)25(32)18-31-17-21(16-28-31)29-26(33)20-5-8-24(15-20)35-23-9-11-27-12-10-23/h3-4,6-7,9-12,16-17,20,24H,5,8,13-15,18H2,1-2H3,(H,29,33). The van der Waals surface area contributed by atoms with Gasteiger partial charge in [-0.3, -0.25) is 19.3 Å². The molecule has 2 unspecified atom stereocenters. The highest BCUT2D eigenvalue weighted by molar-refractivity contribution is 5.92. The van der Waals surface area contributed by atoms with Crippen molar-refractivity contribution in [2.75, 3.05) is 25.5 Å². The van der Waals surface area contributed by atoms with Gasteiger partial charge < -0.3 is 19.7 Å². The van der Waals surface area contributed by atoms with Crippen LogP contribution in [-0.2, 0) is 16.1 Å². The maximum Gasteiger partial charge on any atom is 0.244 e. The summed E-state index contributed by atoms with van der Waals surface area (Å²) in [4.78, 5) is 30.8. The van der Waals surface area contributed by atoms with E-state index in [9.17, 15) is 9.59 Å². The zero-order valence-corrected chi connectivity index (χ0v) is 20.1. The third-order valence-corrected chi connectivity index (χ3v) is 6.05. The fourth-order valence-electron chi connectivity index (χ4n) is 3.97. The molecule has 1 fully saturated rings. The van der Waals surface area contributed by atoms with Crippen LogP contribution in [0.3, 0.4) is 0 Å². The Kier molecular flexibility index (Phi) is 7.97. The molecule has 1 aromatic carbocycles. The minimum absolute atomic E-state index is 0.0130. The zero-order chi connectivity index (χ0) is 24.6. The van der Waals surface area contributed by atoms with Crippen molar-refractivity contribution in [3.8, 4) is 11.5 Å². The Morgan fingerprint density at radius 1 is 1.11 bits per heavy atom. The Morgan fingerprint density at radius 3 is 2.66 bits per heavy atom. The molecule has 0 aliphatic heterocycles. The smallest absolute Gasteiger partial charge is 0.244 e. The van der Waals surface area contributed by atoms with Crippen LogP contribution in [0.15, 0.2) is 61.2 Å². The van der Waals surface area contributed by atoms with E-state index in [4.69, 9.17) is 9.47 Å². The van der Waals surface area contributed by atoms with Crippen molar-refractivity contribution in [1.82, 2.24) is 19.7 Å². The number of likely N-dealkylation sites (N-methyl/N-ethyl adjacent to an activating group) is 1. The SMILES string of the molecule is Cc1ccc(OCCN(C)C(=O)Cn2cc(NC(=O)C3CCC(Oc4ccncc4)C3)cn2)cc1. The average molecular weight is 478 g/mol. The number of aryl methyl sites for hydroxylation is 1. The monoisotopic (exact) mass is 477 g/mol. The number of ether oxygens (including phenoxy) is 2. The lowest BCUT2D eigenvalue weighted by Crippen LogP contribution is -2.33. The number of carbonyl (C=O) groups is 2. The second kappa shape index (κ2) is 11.5. The van der Waals surface area contributed by atoms with Gasteiger partial charge in [0.05, 0.1) is 24.5 Å². The number of amides is 2. The molecule has 1 N–H and O–H groups in total. The van der Waals surface area contributed by atoms with Crippen LogP contribution in [-0.4, -0.2) is 57.8 Å². The summed E-state index contributed by atoms with van der Waals surface area (Å²) in [7, 11) is 1.73. The van der Waals surface area contributed by atoms with Crippen LogP contribution >= 0.6 is 0 Å². The van der Waals surface area contributed by atoms with Crippen LogP contribution < -0.4 is 14.8 Å². The molecule has 0 bridgehead atoms. The van der Waals surface area contributed by atoms with Crippen molar-refractivity contribution in [3.05, 3.63) is 66.7 Å². The first kappa shape index (κ1) is 24.3. The molecule has 2 amide bonds. The number of anilines is 1. The van der Waals surface area contributed by atoms with E-state index in [0.29, 0.717) is 25.3 Å². The lowest BCUT2D eigenvalue weighted by molar-refractivity contribution is -0.131. The highest BCUT2D eigenvalue weighted by Crippen LogP contribution is 2.30. The van der Waals surface area contributed by atoms with E-state index < -0.39 is 0 Å². The van der Waals surface area contributed by atoms with Gasteiger partial charge in [0.1, 0.15) is 24.7 Å². The van der Waals surface area contributed by atoms with E-state index in [1.54, 1.807) is 36.7 Å². The van der Waals surface area contributed by atoms with Crippen molar-refractivity contribution in [2.45, 2.75) is 38.8 Å². The summed E-state index contributed by atoms with van der Waals surface area (Å²) in [5.74, 6) is 1.28. The van der Waals surface area contributed by atoms with E-state index in [0.717, 1.165) is 24.3 Å². The Bertz CT molecular complexity index is 1120. The summed E-state index contributed by atoms with van der Waals surface area (Å²) in [6.07, 6.45) is 8.88. The van der Waals surface area contributed by atoms with Gasteiger partial charge in [0.15, 0.2) is 0 Å². The number of aromatic nitrogens is 3. The molecule has 2 heterocycles. The Labute approximate surface area is 205 Å². The van der Waals surface area contributed by atoms with Crippen molar-refractivity contribution in [1.29, 1.82) is 0 Å². The minimum atomic E-state index is -0.119. The van der Waals surface area contributed by atoms with Gasteiger partial charge in [0.2, 0.25) is 11.8 Å². The molecule has 35 heavy (non-hydrogen) atoms. The molecule has 1 aliphatic rings. The van der Waals surface area contributed by atoms with Crippen molar-refractivity contribution in [2.24, 2.45) is 5.92 Å². The van der Waals surface area contributed by atoms with E-state index >= 15 is 0 Å². The fourth-order valence-corrected chi connectivity index (χ4v) is 3.97. The van der Waals surface area contributed by atoms with Crippen LogP contribution in [0.2, 0.25) is 0 Å². The zero-order valence-electron chi connectivity index (χ0n) is 20.1. The molecular formula is C26H31N5O4. The average Bonchev–Trinajstić information content (AvgIpc) is 3.50. The molecule has 1 saturated carbocycles. The molecule has 2 aromatic heterocycles. The molecule has 9 nitrogen and oxygen atoms in total. The normalized spacial score (nSPS) is 17.1. The molecule has 0 spiro atoms. The van der Waals surface area contributed by atoms with Crippen molar-refractivity contribution in [3.63, 3.8) is 0 Å². The highest BCUT2D eigenvalue weighted by atomic mass is 16.5. The van der Waals surface area contributed by atoms with Gasteiger partial charge in [-0.2, -0.15) is 5.10 Å². The van der Waals surface area contributed by atoms with Crippen LogP contribution in [0.5, 0.6) is 11.5 Å². The number of benzene rings is 1. The van der Waals surface area contributed by atoms with Crippen LogP contribution in [0.25, 0.3) is 0 Å². The largest absolute Gasteiger partial charge is 0.492 e. The second-order valence-corrected chi connectivity index (χ2v) is 8.83. The quantitative estimate of drug-likeness (QED) is 0.481. The predicted octanol–water partition coefficient (Wildman–Crippen LogP) is 3.31. The van der Waals surface area contributed by atoms with E-state index in [-0.39, 0.29) is 30.4 Å². The van der Waals surface area contributed by atoms with Gasteiger partial charge in [-0.05, 0) is 50.5 Å². The molecule has 1 aliphatic carbocycles. The molecule has 184 valence electrons. The van der Waals surface area contributed by atoms with Crippen LogP contribution in [0, 0.1) is 12.8 Å². The number of nitrogens with zero attached hydrogens (tertiary/aromatic N) is 4. The molecule has 3 aromatic rings. The van der Waals surface area contributed by atoms with Gasteiger partial charge in [-0.15, -0.1) is 0 Å². The third-order valence-electron chi connectivity index (χ3n) is 6.05. The molecule has 9 heteroatoms. The summed E-state index contributed by atoms with van der Waals surface area (Å²) < 4.78 is 13.2. The van der Waals surface area contributed by atoms with Crippen molar-refractivity contribution < 1.29 is 19.1 Å². The van der Waals surface area contributed by atoms with Crippen molar-refractivity contribution >= 4 is 17.5 Å². The molecule has 0 saturated heterocycles. The molecule has 2 atom stereocenters. The molecule has 0 radical (unpaired) electrons. The topological polar surface area (TPSA) is 98.6 Å². The summed E-state index contributed by atoms with van der Waals surface area (Å²) in [5, 5.41) is 7.13. The summed E-state index contributed by atoms with van der Waals surface area (Å²) in [6.45, 7) is 2.97. The van der Waals surface area contributed by atoms with Gasteiger partial charge in [-0.1, -0.05) is 17.7 Å². The lowest BCUT2D eigenvalue weighted by Gasteiger charge is -2.17. The Hall–Kier alpha value is -3.88. The molecule has 4 rings (SSSR count). The predicted molar refractivity (Wildman–Crippen MR) is 131 cm³/mol. The number of carbonyl (C=O) groups excluding carboxylic acids is 2. The summed E-state index contributed by atoms with van der Waals surface area (Å²) >= 11 is 0. The number of hydrogen-bond acceptors (Lipinski definition) is 6. The second-order valence-electron chi connectivity index (χ2n) is 8.83. The van der Waals surface area contributed by atoms with Crippen LogP contribution in [0.4, 0.5) is 5.69 Å². The maximum absolute atomic E-state index is 12.7. The summed E-state index contributed by atoms with van der Waals surface area (Å²) in [6, 6.07) is 11.4. The number of rotatable bonds is 10. The fraction of sp³-hybridized carbons (Fsp3) is 0.385.